The summed E-state index contributed by atoms with van der Waals surface area (Å²) in [5.74, 6) is 0.0641. The fourth-order valence-electron chi connectivity index (χ4n) is 2.82. The van der Waals surface area contributed by atoms with Crippen molar-refractivity contribution in [3.63, 3.8) is 0 Å². The minimum Gasteiger partial charge on any atom is -0.370 e. The fraction of sp³-hybridized carbons (Fsp3) is 0.533. The zero-order valence-electron chi connectivity index (χ0n) is 13.7. The number of nitrogens with two attached hydrogens (primary N) is 2. The molecule has 1 aliphatic carbocycles. The lowest BCUT2D eigenvalue weighted by Crippen LogP contribution is -2.32. The molecule has 0 heterocycles. The molecule has 1 aromatic rings. The number of nitrogens with one attached hydrogen (secondary N) is 1. The van der Waals surface area contributed by atoms with E-state index in [0.717, 1.165) is 31.7 Å². The van der Waals surface area contributed by atoms with E-state index < -0.39 is 15.8 Å². The normalized spacial score (nSPS) is 20.0. The molecule has 0 spiro atoms. The largest absolute Gasteiger partial charge is 0.370 e. The van der Waals surface area contributed by atoms with Crippen LogP contribution in [-0.2, 0) is 10.0 Å². The highest BCUT2D eigenvalue weighted by molar-refractivity contribution is 7.89. The highest BCUT2D eigenvalue weighted by Gasteiger charge is 2.24. The molecule has 1 fully saturated rings. The number of guanidine groups is 1. The van der Waals surface area contributed by atoms with Gasteiger partial charge in [0.25, 0.3) is 0 Å². The molecule has 0 atom stereocenters. The lowest BCUT2D eigenvalue weighted by atomic mass is 9.82. The van der Waals surface area contributed by atoms with Crippen molar-refractivity contribution in [1.29, 1.82) is 0 Å². The second-order valence-corrected chi connectivity index (χ2v) is 7.67. The predicted octanol–water partition coefficient (Wildman–Crippen LogP) is 2.03. The minimum absolute atomic E-state index is 0. The Morgan fingerprint density at radius 1 is 1.12 bits per heavy atom. The lowest BCUT2D eigenvalue weighted by molar-refractivity contribution is 0.280. The highest BCUT2D eigenvalue weighted by Crippen LogP contribution is 2.29. The number of hydrogen-bond donors (Lipinski definition) is 3. The molecule has 5 N–H and O–H groups in total. The maximum absolute atomic E-state index is 13.6. The number of aliphatic imine (C=N–C) groups is 1. The third-order valence-corrected chi connectivity index (χ3v) is 5.64. The number of benzene rings is 1. The quantitative estimate of drug-likeness (QED) is 0.488. The summed E-state index contributed by atoms with van der Waals surface area (Å²) < 4.78 is 40.4. The highest BCUT2D eigenvalue weighted by atomic mass is 35.5. The van der Waals surface area contributed by atoms with Crippen molar-refractivity contribution in [3.05, 3.63) is 30.1 Å². The summed E-state index contributed by atoms with van der Waals surface area (Å²) in [6.45, 7) is 0.946. The van der Waals surface area contributed by atoms with Crippen molar-refractivity contribution in [2.24, 2.45) is 28.3 Å². The monoisotopic (exact) mass is 414 g/mol. The molecular formula is C15H25Cl2FN4O2S. The molecule has 10 heteroatoms. The standard InChI is InChI=1S/C15H23FN4O2S.2ClH/c16-13-3-1-2-4-14(13)23(21,22)20-10-12-7-5-11(6-8-12)9-19-15(17)18;;/h1-4,11-12,20H,5-10H2,(H4,17,18,19);2*1H. The molecule has 0 amide bonds. The molecule has 2 rings (SSSR count). The summed E-state index contributed by atoms with van der Waals surface area (Å²) in [4.78, 5) is 3.72. The van der Waals surface area contributed by atoms with Crippen LogP contribution in [0.2, 0.25) is 0 Å². The molecule has 0 aromatic heterocycles. The van der Waals surface area contributed by atoms with E-state index in [1.807, 2.05) is 0 Å². The second kappa shape index (κ2) is 10.8. The van der Waals surface area contributed by atoms with Crippen molar-refractivity contribution >= 4 is 40.8 Å². The molecule has 0 radical (unpaired) electrons. The molecule has 1 aliphatic rings. The van der Waals surface area contributed by atoms with Gasteiger partial charge in [0.05, 0.1) is 0 Å². The Bertz CT molecular complexity index is 661. The Morgan fingerprint density at radius 3 is 2.24 bits per heavy atom. The Kier molecular flexibility index (Phi) is 10.3. The van der Waals surface area contributed by atoms with E-state index in [1.165, 1.54) is 18.2 Å². The van der Waals surface area contributed by atoms with Crippen molar-refractivity contribution in [2.75, 3.05) is 13.1 Å². The van der Waals surface area contributed by atoms with Gasteiger partial charge in [-0.15, -0.1) is 24.8 Å². The molecule has 6 nitrogen and oxygen atoms in total. The number of sulfonamides is 1. The summed E-state index contributed by atoms with van der Waals surface area (Å²) >= 11 is 0. The van der Waals surface area contributed by atoms with E-state index in [4.69, 9.17) is 11.5 Å². The molecule has 25 heavy (non-hydrogen) atoms. The van der Waals surface area contributed by atoms with Gasteiger partial charge in [-0.1, -0.05) is 12.1 Å². The van der Waals surface area contributed by atoms with Crippen LogP contribution in [0.5, 0.6) is 0 Å². The number of rotatable bonds is 6. The third kappa shape index (κ3) is 7.35. The lowest BCUT2D eigenvalue weighted by Gasteiger charge is -2.27. The molecular weight excluding hydrogens is 390 g/mol. The molecule has 0 aliphatic heterocycles. The van der Waals surface area contributed by atoms with Crippen molar-refractivity contribution < 1.29 is 12.8 Å². The summed E-state index contributed by atoms with van der Waals surface area (Å²) in [5, 5.41) is 0. The Balaban J connectivity index is 0.00000288. The van der Waals surface area contributed by atoms with Gasteiger partial charge in [0.15, 0.2) is 5.96 Å². The molecule has 1 aromatic carbocycles. The van der Waals surface area contributed by atoms with E-state index in [1.54, 1.807) is 0 Å². The van der Waals surface area contributed by atoms with E-state index in [-0.39, 0.29) is 41.6 Å². The van der Waals surface area contributed by atoms with E-state index >= 15 is 0 Å². The molecule has 0 saturated heterocycles. The minimum atomic E-state index is -3.81. The van der Waals surface area contributed by atoms with Gasteiger partial charge < -0.3 is 11.5 Å². The van der Waals surface area contributed by atoms with Crippen LogP contribution in [0.1, 0.15) is 25.7 Å². The summed E-state index contributed by atoms with van der Waals surface area (Å²) in [5.41, 5.74) is 10.6. The zero-order chi connectivity index (χ0) is 16.9. The maximum Gasteiger partial charge on any atom is 0.243 e. The average Bonchev–Trinajstić information content (AvgIpc) is 2.52. The summed E-state index contributed by atoms with van der Waals surface area (Å²) in [6.07, 6.45) is 3.74. The molecule has 144 valence electrons. The number of hydrogen-bond acceptors (Lipinski definition) is 3. The Hall–Kier alpha value is -1.09. The van der Waals surface area contributed by atoms with Gasteiger partial charge in [-0.05, 0) is 49.7 Å². The van der Waals surface area contributed by atoms with Crippen LogP contribution in [0.25, 0.3) is 0 Å². The first kappa shape index (κ1) is 23.9. The average molecular weight is 415 g/mol. The smallest absolute Gasteiger partial charge is 0.243 e. The SMILES string of the molecule is Cl.Cl.NC(N)=NCC1CCC(CNS(=O)(=O)c2ccccc2F)CC1. The van der Waals surface area contributed by atoms with Crippen LogP contribution in [0.15, 0.2) is 34.2 Å². The van der Waals surface area contributed by atoms with Crippen LogP contribution in [0.3, 0.4) is 0 Å². The van der Waals surface area contributed by atoms with Gasteiger partial charge in [-0.3, -0.25) is 4.99 Å². The van der Waals surface area contributed by atoms with Gasteiger partial charge in [0.1, 0.15) is 10.7 Å². The van der Waals surface area contributed by atoms with Crippen LogP contribution < -0.4 is 16.2 Å². The Labute approximate surface area is 160 Å². The van der Waals surface area contributed by atoms with Crippen LogP contribution in [0, 0.1) is 17.7 Å². The number of nitrogens with zero attached hydrogens (tertiary/aromatic N) is 1. The summed E-state index contributed by atoms with van der Waals surface area (Å²) in [6, 6.07) is 5.38. The van der Waals surface area contributed by atoms with Crippen LogP contribution >= 0.6 is 24.8 Å². The van der Waals surface area contributed by atoms with Crippen LogP contribution in [0.4, 0.5) is 4.39 Å². The van der Waals surface area contributed by atoms with E-state index in [0.29, 0.717) is 19.0 Å². The predicted molar refractivity (Wildman–Crippen MR) is 102 cm³/mol. The molecule has 0 unspecified atom stereocenters. The van der Waals surface area contributed by atoms with Crippen LogP contribution in [-0.4, -0.2) is 27.5 Å². The van der Waals surface area contributed by atoms with Crippen molar-refractivity contribution in [2.45, 2.75) is 30.6 Å². The number of halogens is 3. The van der Waals surface area contributed by atoms with Gasteiger partial charge in [0, 0.05) is 13.1 Å². The third-order valence-electron chi connectivity index (χ3n) is 4.19. The first-order chi connectivity index (χ1) is 10.9. The molecule has 0 bridgehead atoms. The summed E-state index contributed by atoms with van der Waals surface area (Å²) in [7, 11) is -3.81. The fourth-order valence-corrected chi connectivity index (χ4v) is 4.01. The topological polar surface area (TPSA) is 111 Å². The first-order valence-corrected chi connectivity index (χ1v) is 9.16. The van der Waals surface area contributed by atoms with Crippen molar-refractivity contribution in [1.82, 2.24) is 4.72 Å². The maximum atomic E-state index is 13.6. The van der Waals surface area contributed by atoms with E-state index in [9.17, 15) is 12.8 Å². The van der Waals surface area contributed by atoms with Gasteiger partial charge in [-0.25, -0.2) is 17.5 Å². The second-order valence-electron chi connectivity index (χ2n) is 5.93. The molecule has 1 saturated carbocycles. The van der Waals surface area contributed by atoms with Crippen molar-refractivity contribution in [3.8, 4) is 0 Å². The first-order valence-electron chi connectivity index (χ1n) is 7.68. The zero-order valence-corrected chi connectivity index (χ0v) is 16.2. The van der Waals surface area contributed by atoms with E-state index in [2.05, 4.69) is 9.71 Å². The van der Waals surface area contributed by atoms with Gasteiger partial charge in [-0.2, -0.15) is 0 Å². The van der Waals surface area contributed by atoms with Gasteiger partial charge >= 0.3 is 0 Å². The van der Waals surface area contributed by atoms with Gasteiger partial charge in [0.2, 0.25) is 10.0 Å². The Morgan fingerprint density at radius 2 is 1.68 bits per heavy atom.